The number of carbonyl (C=O) groups is 1. The fourth-order valence-electron chi connectivity index (χ4n) is 5.03. The number of nitrogens with zero attached hydrogens (tertiary/aromatic N) is 1. The number of hydrogen-bond donors (Lipinski definition) is 0. The minimum absolute atomic E-state index is 0.130. The summed E-state index contributed by atoms with van der Waals surface area (Å²) in [6, 6.07) is 8.81. The van der Waals surface area contributed by atoms with E-state index < -0.39 is 12.1 Å². The molecular weight excluding hydrogens is 437 g/mol. The maximum absolute atomic E-state index is 12.7. The molecule has 0 saturated heterocycles. The molecule has 0 bridgehead atoms. The molecule has 0 radical (unpaired) electrons. The predicted octanol–water partition coefficient (Wildman–Crippen LogP) is 5.02. The van der Waals surface area contributed by atoms with Gasteiger partial charge in [0.25, 0.3) is 0 Å². The third kappa shape index (κ3) is 3.49. The van der Waals surface area contributed by atoms with Gasteiger partial charge in [-0.2, -0.15) is 0 Å². The molecule has 0 saturated carbocycles. The molecule has 5 nitrogen and oxygen atoms in total. The van der Waals surface area contributed by atoms with Crippen molar-refractivity contribution < 1.29 is 19.0 Å². The van der Waals surface area contributed by atoms with Crippen LogP contribution >= 0.6 is 23.2 Å². The zero-order valence-corrected chi connectivity index (χ0v) is 18.9. The van der Waals surface area contributed by atoms with Crippen LogP contribution < -0.4 is 9.47 Å². The van der Waals surface area contributed by atoms with Crippen LogP contribution in [0.2, 0.25) is 10.0 Å². The van der Waals surface area contributed by atoms with Crippen LogP contribution in [-0.4, -0.2) is 43.8 Å². The summed E-state index contributed by atoms with van der Waals surface area (Å²) in [6.07, 6.45) is 5.14. The van der Waals surface area contributed by atoms with Crippen LogP contribution in [0, 0.1) is 0 Å². The third-order valence-corrected chi connectivity index (χ3v) is 6.92. The first kappa shape index (κ1) is 20.7. The number of hydrogen-bond acceptors (Lipinski definition) is 5. The average molecular weight is 460 g/mol. The summed E-state index contributed by atoms with van der Waals surface area (Å²) >= 11 is 12.1. The summed E-state index contributed by atoms with van der Waals surface area (Å²) in [4.78, 5) is 15.0. The number of halogens is 2. The van der Waals surface area contributed by atoms with E-state index in [-0.39, 0.29) is 11.5 Å². The molecular formula is C24H23Cl2NO4. The van der Waals surface area contributed by atoms with Gasteiger partial charge in [-0.1, -0.05) is 35.3 Å². The molecule has 3 atom stereocenters. The lowest BCUT2D eigenvalue weighted by Crippen LogP contribution is -2.43. The predicted molar refractivity (Wildman–Crippen MR) is 119 cm³/mol. The van der Waals surface area contributed by atoms with Gasteiger partial charge in [-0.3, -0.25) is 0 Å². The monoisotopic (exact) mass is 459 g/mol. The highest BCUT2D eigenvalue weighted by Crippen LogP contribution is 2.55. The van der Waals surface area contributed by atoms with Gasteiger partial charge in [0, 0.05) is 28.6 Å². The zero-order chi connectivity index (χ0) is 21.8. The molecule has 3 aliphatic rings. The fourth-order valence-corrected chi connectivity index (χ4v) is 5.56. The molecule has 31 heavy (non-hydrogen) atoms. The maximum Gasteiger partial charge on any atom is 0.338 e. The molecule has 2 heterocycles. The van der Waals surface area contributed by atoms with Crippen LogP contribution in [0.1, 0.15) is 34.3 Å². The van der Waals surface area contributed by atoms with Crippen molar-refractivity contribution in [1.82, 2.24) is 4.90 Å². The Labute approximate surface area is 191 Å². The van der Waals surface area contributed by atoms with Crippen molar-refractivity contribution in [2.45, 2.75) is 37.0 Å². The quantitative estimate of drug-likeness (QED) is 0.476. The van der Waals surface area contributed by atoms with Crippen molar-refractivity contribution in [3.8, 4) is 11.5 Å². The number of benzene rings is 2. The number of rotatable bonds is 3. The summed E-state index contributed by atoms with van der Waals surface area (Å²) in [5.74, 6) is 1.11. The molecule has 5 rings (SSSR count). The van der Waals surface area contributed by atoms with E-state index in [2.05, 4.69) is 24.1 Å². The summed E-state index contributed by atoms with van der Waals surface area (Å²) in [7, 11) is 3.80. The van der Waals surface area contributed by atoms with E-state index in [0.717, 1.165) is 31.0 Å². The lowest BCUT2D eigenvalue weighted by molar-refractivity contribution is 0.0218. The molecule has 0 aromatic heterocycles. The van der Waals surface area contributed by atoms with Gasteiger partial charge >= 0.3 is 5.97 Å². The van der Waals surface area contributed by atoms with E-state index in [1.807, 2.05) is 12.1 Å². The molecule has 0 unspecified atom stereocenters. The molecule has 1 spiro atoms. The highest BCUT2D eigenvalue weighted by Gasteiger charge is 2.53. The highest BCUT2D eigenvalue weighted by atomic mass is 35.5. The van der Waals surface area contributed by atoms with Gasteiger partial charge in [0.1, 0.15) is 12.2 Å². The third-order valence-electron chi connectivity index (χ3n) is 6.49. The Balaban J connectivity index is 1.46. The normalized spacial score (nSPS) is 26.5. The standard InChI is InChI=1S/C24H23Cl2NO4/c1-27-8-7-24-6-5-18(30-23(28)15-9-16(25)11-17(26)10-15)12-20(24)31-22-19(29-2)4-3-14(13-27)21(22)24/h3-6,9-11,18,20H,7-8,12-13H2,1-2H3/t18-,20-,24-/m0/s1. The first-order chi connectivity index (χ1) is 14.9. The van der Waals surface area contributed by atoms with Gasteiger partial charge in [0.15, 0.2) is 11.5 Å². The first-order valence-electron chi connectivity index (χ1n) is 10.3. The van der Waals surface area contributed by atoms with Crippen LogP contribution in [0.15, 0.2) is 42.5 Å². The molecule has 2 aromatic rings. The second kappa shape index (κ2) is 7.73. The Bertz CT molecular complexity index is 1070. The van der Waals surface area contributed by atoms with Crippen molar-refractivity contribution >= 4 is 29.2 Å². The minimum atomic E-state index is -0.454. The first-order valence-corrected chi connectivity index (χ1v) is 11.1. The Kier molecular flexibility index (Phi) is 5.16. The fraction of sp³-hybridized carbons (Fsp3) is 0.375. The second-order valence-electron chi connectivity index (χ2n) is 8.46. The average Bonchev–Trinajstić information content (AvgIpc) is 2.99. The molecule has 7 heteroatoms. The van der Waals surface area contributed by atoms with Gasteiger partial charge in [0.2, 0.25) is 0 Å². The van der Waals surface area contributed by atoms with Crippen molar-refractivity contribution in [3.63, 3.8) is 0 Å². The molecule has 2 aliphatic heterocycles. The van der Waals surface area contributed by atoms with Crippen LogP contribution in [-0.2, 0) is 16.7 Å². The van der Waals surface area contributed by atoms with Crippen LogP contribution in [0.3, 0.4) is 0 Å². The van der Waals surface area contributed by atoms with E-state index in [1.54, 1.807) is 25.3 Å². The van der Waals surface area contributed by atoms with E-state index >= 15 is 0 Å². The Morgan fingerprint density at radius 2 is 2.00 bits per heavy atom. The summed E-state index contributed by atoms with van der Waals surface area (Å²) in [5.41, 5.74) is 2.56. The van der Waals surface area contributed by atoms with Crippen molar-refractivity contribution in [3.05, 3.63) is 69.2 Å². The van der Waals surface area contributed by atoms with Gasteiger partial charge in [-0.25, -0.2) is 4.79 Å². The lowest BCUT2D eigenvalue weighted by atomic mass is 9.69. The van der Waals surface area contributed by atoms with Crippen molar-refractivity contribution in [2.75, 3.05) is 20.7 Å². The van der Waals surface area contributed by atoms with Gasteiger partial charge in [-0.15, -0.1) is 0 Å². The molecule has 0 fully saturated rings. The maximum atomic E-state index is 12.7. The smallest absolute Gasteiger partial charge is 0.338 e. The highest BCUT2D eigenvalue weighted by molar-refractivity contribution is 6.35. The Morgan fingerprint density at radius 1 is 1.23 bits per heavy atom. The summed E-state index contributed by atoms with van der Waals surface area (Å²) in [5, 5.41) is 0.795. The van der Waals surface area contributed by atoms with Crippen LogP contribution in [0.25, 0.3) is 0 Å². The molecule has 1 aliphatic carbocycles. The zero-order valence-electron chi connectivity index (χ0n) is 17.4. The number of carbonyl (C=O) groups excluding carboxylic acids is 1. The van der Waals surface area contributed by atoms with E-state index in [1.165, 1.54) is 11.1 Å². The van der Waals surface area contributed by atoms with E-state index in [0.29, 0.717) is 22.0 Å². The number of ether oxygens (including phenoxy) is 3. The van der Waals surface area contributed by atoms with Crippen LogP contribution in [0.4, 0.5) is 0 Å². The largest absolute Gasteiger partial charge is 0.493 e. The van der Waals surface area contributed by atoms with Gasteiger partial charge in [-0.05, 0) is 55.9 Å². The van der Waals surface area contributed by atoms with Gasteiger partial charge < -0.3 is 19.1 Å². The second-order valence-corrected chi connectivity index (χ2v) is 9.34. The Hall–Kier alpha value is -2.21. The van der Waals surface area contributed by atoms with Crippen molar-refractivity contribution in [2.24, 2.45) is 0 Å². The van der Waals surface area contributed by atoms with Gasteiger partial charge in [0.05, 0.1) is 18.1 Å². The van der Waals surface area contributed by atoms with E-state index in [4.69, 9.17) is 37.4 Å². The topological polar surface area (TPSA) is 48.0 Å². The SMILES string of the molecule is COc1ccc2c3c1O[C@H]1C[C@@H](OC(=O)c4cc(Cl)cc(Cl)c4)C=C[C@@]31CCN(C)C2. The number of methoxy groups -OCH3 is 1. The van der Waals surface area contributed by atoms with E-state index in [9.17, 15) is 4.79 Å². The van der Waals surface area contributed by atoms with Crippen LogP contribution in [0.5, 0.6) is 11.5 Å². The molecule has 0 amide bonds. The van der Waals surface area contributed by atoms with Crippen molar-refractivity contribution in [1.29, 1.82) is 0 Å². The molecule has 162 valence electrons. The molecule has 2 aromatic carbocycles. The summed E-state index contributed by atoms with van der Waals surface area (Å²) < 4.78 is 17.8. The minimum Gasteiger partial charge on any atom is -0.493 e. The lowest BCUT2D eigenvalue weighted by Gasteiger charge is -2.36. The summed E-state index contributed by atoms with van der Waals surface area (Å²) in [6.45, 7) is 1.82. The number of esters is 1. The molecule has 0 N–H and O–H groups in total. The Morgan fingerprint density at radius 3 is 2.74 bits per heavy atom.